The number of halogens is 7. The van der Waals surface area contributed by atoms with Crippen LogP contribution < -0.4 is 10.5 Å². The lowest BCUT2D eigenvalue weighted by atomic mass is 9.94. The van der Waals surface area contributed by atoms with E-state index in [0.29, 0.717) is 6.07 Å². The normalized spacial score (nSPS) is 13.7. The number of rotatable bonds is 3. The Balaban J connectivity index is 2.34. The van der Waals surface area contributed by atoms with E-state index in [2.05, 4.69) is 4.74 Å². The molecule has 0 aliphatic rings. The van der Waals surface area contributed by atoms with Crippen molar-refractivity contribution in [2.75, 3.05) is 0 Å². The molecule has 0 spiro atoms. The first-order chi connectivity index (χ1) is 11.0. The van der Waals surface area contributed by atoms with Gasteiger partial charge in [-0.3, -0.25) is 0 Å². The van der Waals surface area contributed by atoms with Crippen LogP contribution in [0, 0.1) is 5.82 Å². The molecule has 0 bridgehead atoms. The zero-order valence-electron chi connectivity index (χ0n) is 11.8. The molecule has 2 N–H and O–H groups in total. The van der Waals surface area contributed by atoms with Gasteiger partial charge in [0.25, 0.3) is 0 Å². The fourth-order valence-corrected chi connectivity index (χ4v) is 2.10. The highest BCUT2D eigenvalue weighted by Crippen LogP contribution is 2.36. The first-order valence-corrected chi connectivity index (χ1v) is 6.45. The van der Waals surface area contributed by atoms with Crippen molar-refractivity contribution in [2.45, 2.75) is 18.6 Å². The number of ether oxygens (including phenoxy) is 1. The second-order valence-corrected chi connectivity index (χ2v) is 4.82. The summed E-state index contributed by atoms with van der Waals surface area (Å²) in [6.07, 6.45) is -9.71. The summed E-state index contributed by atoms with van der Waals surface area (Å²) in [6.45, 7) is 0. The quantitative estimate of drug-likeness (QED) is 0.805. The molecule has 0 amide bonds. The fraction of sp³-hybridized carbons (Fsp3) is 0.200. The summed E-state index contributed by atoms with van der Waals surface area (Å²) in [5.74, 6) is -1.61. The summed E-state index contributed by atoms with van der Waals surface area (Å²) < 4.78 is 92.0. The Morgan fingerprint density at radius 1 is 0.875 bits per heavy atom. The molecule has 2 nitrogen and oxygen atoms in total. The molecule has 24 heavy (non-hydrogen) atoms. The fourth-order valence-electron chi connectivity index (χ4n) is 2.10. The third-order valence-corrected chi connectivity index (χ3v) is 3.13. The third kappa shape index (κ3) is 4.38. The molecule has 0 aliphatic heterocycles. The van der Waals surface area contributed by atoms with Crippen molar-refractivity contribution in [2.24, 2.45) is 5.73 Å². The van der Waals surface area contributed by atoms with Crippen molar-refractivity contribution >= 4 is 0 Å². The maximum Gasteiger partial charge on any atom is 0.573 e. The molecule has 0 fully saturated rings. The molecule has 2 aromatic carbocycles. The van der Waals surface area contributed by atoms with Crippen molar-refractivity contribution in [3.8, 4) is 5.75 Å². The van der Waals surface area contributed by atoms with Crippen LogP contribution in [0.15, 0.2) is 42.5 Å². The molecule has 0 aliphatic carbocycles. The van der Waals surface area contributed by atoms with Crippen molar-refractivity contribution < 1.29 is 35.5 Å². The molecule has 0 unspecified atom stereocenters. The summed E-state index contributed by atoms with van der Waals surface area (Å²) in [4.78, 5) is 0. The van der Waals surface area contributed by atoms with E-state index in [9.17, 15) is 30.7 Å². The van der Waals surface area contributed by atoms with E-state index >= 15 is 0 Å². The molecule has 0 aromatic heterocycles. The number of nitrogens with two attached hydrogens (primary N) is 1. The van der Waals surface area contributed by atoms with Gasteiger partial charge in [-0.2, -0.15) is 13.2 Å². The topological polar surface area (TPSA) is 35.2 Å². The van der Waals surface area contributed by atoms with Crippen molar-refractivity contribution in [3.05, 3.63) is 65.0 Å². The average molecular weight is 353 g/mol. The van der Waals surface area contributed by atoms with E-state index < -0.39 is 41.3 Å². The summed E-state index contributed by atoms with van der Waals surface area (Å²) in [6, 6.07) is 4.80. The van der Waals surface area contributed by atoms with E-state index in [1.165, 1.54) is 0 Å². The number of alkyl halides is 6. The van der Waals surface area contributed by atoms with Crippen molar-refractivity contribution in [1.82, 2.24) is 0 Å². The first kappa shape index (κ1) is 18.1. The molecule has 130 valence electrons. The van der Waals surface area contributed by atoms with Gasteiger partial charge in [0.2, 0.25) is 0 Å². The second-order valence-electron chi connectivity index (χ2n) is 4.82. The minimum atomic E-state index is -4.88. The first-order valence-electron chi connectivity index (χ1n) is 6.45. The van der Waals surface area contributed by atoms with E-state index in [-0.39, 0.29) is 5.56 Å². The lowest BCUT2D eigenvalue weighted by Gasteiger charge is -2.19. The number of benzene rings is 2. The Morgan fingerprint density at radius 2 is 1.46 bits per heavy atom. The minimum Gasteiger partial charge on any atom is -0.406 e. The average Bonchev–Trinajstić information content (AvgIpc) is 2.44. The molecule has 0 radical (unpaired) electrons. The lowest BCUT2D eigenvalue weighted by Crippen LogP contribution is -2.19. The zero-order chi connectivity index (χ0) is 18.1. The van der Waals surface area contributed by atoms with E-state index in [0.717, 1.165) is 36.4 Å². The summed E-state index contributed by atoms with van der Waals surface area (Å²) in [5.41, 5.74) is 4.23. The van der Waals surface area contributed by atoms with Crippen LogP contribution in [0.25, 0.3) is 0 Å². The SMILES string of the molecule is N[C@@H](c1ccc(OC(F)(F)F)cc1)c1ccc(F)cc1C(F)(F)F. The Labute approximate surface area is 131 Å². The van der Waals surface area contributed by atoms with Gasteiger partial charge in [0.1, 0.15) is 11.6 Å². The van der Waals surface area contributed by atoms with E-state index in [4.69, 9.17) is 5.73 Å². The summed E-state index contributed by atoms with van der Waals surface area (Å²) in [7, 11) is 0. The lowest BCUT2D eigenvalue weighted by molar-refractivity contribution is -0.274. The number of hydrogen-bond acceptors (Lipinski definition) is 2. The largest absolute Gasteiger partial charge is 0.573 e. The predicted molar refractivity (Wildman–Crippen MR) is 70.6 cm³/mol. The minimum absolute atomic E-state index is 0.113. The Bertz CT molecular complexity index is 707. The molecule has 0 saturated heterocycles. The van der Waals surface area contributed by atoms with E-state index in [1.54, 1.807) is 0 Å². The standard InChI is InChI=1S/C15H10F7NO/c16-9-3-6-11(12(7-9)14(17,18)19)13(23)8-1-4-10(5-2-8)24-15(20,21)22/h1-7,13H,23H2/t13-/m0/s1. The van der Waals surface area contributed by atoms with Crippen LogP contribution >= 0.6 is 0 Å². The maximum atomic E-state index is 13.1. The molecule has 2 aromatic rings. The molecular formula is C15H10F7NO. The second kappa shape index (κ2) is 6.31. The Morgan fingerprint density at radius 3 is 1.96 bits per heavy atom. The van der Waals surface area contributed by atoms with Crippen LogP contribution in [0.5, 0.6) is 5.75 Å². The van der Waals surface area contributed by atoms with Crippen LogP contribution in [0.1, 0.15) is 22.7 Å². The summed E-state index contributed by atoms with van der Waals surface area (Å²) >= 11 is 0. The molecule has 2 rings (SSSR count). The van der Waals surface area contributed by atoms with Crippen LogP contribution in [-0.2, 0) is 6.18 Å². The highest BCUT2D eigenvalue weighted by Gasteiger charge is 2.35. The highest BCUT2D eigenvalue weighted by molar-refractivity contribution is 5.40. The van der Waals surface area contributed by atoms with Crippen LogP contribution in [0.3, 0.4) is 0 Å². The van der Waals surface area contributed by atoms with Gasteiger partial charge in [-0.05, 0) is 35.4 Å². The van der Waals surface area contributed by atoms with Crippen molar-refractivity contribution in [1.29, 1.82) is 0 Å². The maximum absolute atomic E-state index is 13.1. The van der Waals surface area contributed by atoms with E-state index in [1.807, 2.05) is 0 Å². The van der Waals surface area contributed by atoms with Gasteiger partial charge in [-0.15, -0.1) is 13.2 Å². The monoisotopic (exact) mass is 353 g/mol. The van der Waals surface area contributed by atoms with Gasteiger partial charge >= 0.3 is 12.5 Å². The Kier molecular flexibility index (Phi) is 4.75. The smallest absolute Gasteiger partial charge is 0.406 e. The molecule has 9 heteroatoms. The molecular weight excluding hydrogens is 343 g/mol. The predicted octanol–water partition coefficient (Wildman–Crippen LogP) is 4.79. The third-order valence-electron chi connectivity index (χ3n) is 3.13. The van der Waals surface area contributed by atoms with Gasteiger partial charge < -0.3 is 10.5 Å². The number of hydrogen-bond donors (Lipinski definition) is 1. The van der Waals surface area contributed by atoms with Gasteiger partial charge in [0.15, 0.2) is 0 Å². The highest BCUT2D eigenvalue weighted by atomic mass is 19.4. The Hall–Kier alpha value is -2.29. The van der Waals surface area contributed by atoms with Gasteiger partial charge in [-0.1, -0.05) is 18.2 Å². The van der Waals surface area contributed by atoms with Crippen molar-refractivity contribution in [3.63, 3.8) is 0 Å². The zero-order valence-corrected chi connectivity index (χ0v) is 11.8. The van der Waals surface area contributed by atoms with Crippen LogP contribution in [0.4, 0.5) is 30.7 Å². The van der Waals surface area contributed by atoms with Crippen LogP contribution in [-0.4, -0.2) is 6.36 Å². The van der Waals surface area contributed by atoms with Gasteiger partial charge in [0, 0.05) is 0 Å². The molecule has 0 heterocycles. The summed E-state index contributed by atoms with van der Waals surface area (Å²) in [5, 5.41) is 0. The molecule has 0 saturated carbocycles. The van der Waals surface area contributed by atoms with Gasteiger partial charge in [-0.25, -0.2) is 4.39 Å². The molecule has 1 atom stereocenters. The van der Waals surface area contributed by atoms with Gasteiger partial charge in [0.05, 0.1) is 11.6 Å². The van der Waals surface area contributed by atoms with Crippen LogP contribution in [0.2, 0.25) is 0 Å².